The van der Waals surface area contributed by atoms with Gasteiger partial charge in [-0.25, -0.2) is 4.79 Å². The number of hydrogen-bond donors (Lipinski definition) is 1. The van der Waals surface area contributed by atoms with E-state index in [2.05, 4.69) is 0 Å². The van der Waals surface area contributed by atoms with Crippen LogP contribution in [0.25, 0.3) is 21.5 Å². The molecular formula is C20H16N2O3S. The topological polar surface area (TPSA) is 78.2 Å². The standard InChI is InChI=1S/C20H16N2O3S/c1-12-6-7-25-19(12)17(23)8-13-9-18(26-11-13)16-10-14-4-2-3-5-15(14)22(16)20(21)24/h2-7,9-11H,8H2,1H3,(H2,21,24). The number of hydrogen-bond acceptors (Lipinski definition) is 4. The van der Waals surface area contributed by atoms with Crippen LogP contribution in [0.2, 0.25) is 0 Å². The number of carbonyl (C=O) groups is 2. The summed E-state index contributed by atoms with van der Waals surface area (Å²) in [6, 6.07) is 12.7. The Morgan fingerprint density at radius 3 is 2.73 bits per heavy atom. The van der Waals surface area contributed by atoms with Crippen molar-refractivity contribution in [1.29, 1.82) is 0 Å². The van der Waals surface area contributed by atoms with Crippen LogP contribution in [0.1, 0.15) is 21.7 Å². The fourth-order valence-electron chi connectivity index (χ4n) is 3.10. The molecule has 0 bridgehead atoms. The number of benzene rings is 1. The Morgan fingerprint density at radius 1 is 1.19 bits per heavy atom. The van der Waals surface area contributed by atoms with Gasteiger partial charge in [0.25, 0.3) is 0 Å². The van der Waals surface area contributed by atoms with Crippen molar-refractivity contribution in [2.75, 3.05) is 0 Å². The van der Waals surface area contributed by atoms with Crippen LogP contribution in [0.3, 0.4) is 0 Å². The summed E-state index contributed by atoms with van der Waals surface area (Å²) in [6.45, 7) is 1.85. The lowest BCUT2D eigenvalue weighted by atomic mass is 10.1. The van der Waals surface area contributed by atoms with Gasteiger partial charge in [-0.05, 0) is 47.7 Å². The number of carbonyl (C=O) groups excluding carboxylic acids is 2. The van der Waals surface area contributed by atoms with Crippen molar-refractivity contribution >= 4 is 34.1 Å². The average molecular weight is 364 g/mol. The molecule has 3 heterocycles. The molecule has 0 aliphatic heterocycles. The van der Waals surface area contributed by atoms with Gasteiger partial charge in [-0.3, -0.25) is 9.36 Å². The van der Waals surface area contributed by atoms with Crippen LogP contribution in [0.4, 0.5) is 4.79 Å². The second-order valence-corrected chi connectivity index (χ2v) is 7.03. The summed E-state index contributed by atoms with van der Waals surface area (Å²) in [4.78, 5) is 25.2. The highest BCUT2D eigenvalue weighted by Crippen LogP contribution is 2.32. The van der Waals surface area contributed by atoms with E-state index in [-0.39, 0.29) is 12.2 Å². The molecule has 0 aliphatic carbocycles. The summed E-state index contributed by atoms with van der Waals surface area (Å²) >= 11 is 1.48. The Hall–Kier alpha value is -3.12. The number of ketones is 1. The Morgan fingerprint density at radius 2 is 2.00 bits per heavy atom. The Bertz CT molecular complexity index is 1130. The maximum Gasteiger partial charge on any atom is 0.323 e. The van der Waals surface area contributed by atoms with Gasteiger partial charge < -0.3 is 10.2 Å². The molecule has 4 aromatic rings. The molecule has 0 fully saturated rings. The third-order valence-electron chi connectivity index (χ3n) is 4.32. The van der Waals surface area contributed by atoms with Crippen molar-refractivity contribution in [2.24, 2.45) is 5.73 Å². The maximum atomic E-state index is 12.4. The lowest BCUT2D eigenvalue weighted by molar-refractivity contribution is 0.0965. The highest BCUT2D eigenvalue weighted by molar-refractivity contribution is 7.13. The van der Waals surface area contributed by atoms with Gasteiger partial charge in [0, 0.05) is 11.8 Å². The zero-order valence-corrected chi connectivity index (χ0v) is 14.9. The van der Waals surface area contributed by atoms with E-state index in [1.54, 1.807) is 6.07 Å². The first-order valence-electron chi connectivity index (χ1n) is 8.10. The number of amides is 1. The molecule has 3 aromatic heterocycles. The monoisotopic (exact) mass is 364 g/mol. The van der Waals surface area contributed by atoms with Crippen molar-refractivity contribution in [3.8, 4) is 10.6 Å². The largest absolute Gasteiger partial charge is 0.461 e. The highest BCUT2D eigenvalue weighted by Gasteiger charge is 2.18. The van der Waals surface area contributed by atoms with E-state index in [9.17, 15) is 9.59 Å². The van der Waals surface area contributed by atoms with Crippen molar-refractivity contribution in [3.63, 3.8) is 0 Å². The highest BCUT2D eigenvalue weighted by atomic mass is 32.1. The van der Waals surface area contributed by atoms with Gasteiger partial charge in [-0.1, -0.05) is 18.2 Å². The SMILES string of the molecule is Cc1ccoc1C(=O)Cc1csc(-c2cc3ccccc3n2C(N)=O)c1. The molecule has 0 radical (unpaired) electrons. The first-order valence-corrected chi connectivity index (χ1v) is 8.98. The maximum absolute atomic E-state index is 12.4. The predicted octanol–water partition coefficient (Wildman–Crippen LogP) is 4.62. The second-order valence-electron chi connectivity index (χ2n) is 6.11. The fourth-order valence-corrected chi connectivity index (χ4v) is 4.02. The van der Waals surface area contributed by atoms with Crippen LogP contribution in [-0.2, 0) is 6.42 Å². The number of Topliss-reactive ketones (excluding diaryl/α,β-unsaturated/α-hetero) is 1. The summed E-state index contributed by atoms with van der Waals surface area (Å²) in [7, 11) is 0. The van der Waals surface area contributed by atoms with E-state index in [0.717, 1.165) is 32.6 Å². The van der Waals surface area contributed by atoms with E-state index >= 15 is 0 Å². The van der Waals surface area contributed by atoms with E-state index in [0.29, 0.717) is 5.76 Å². The lowest BCUT2D eigenvalue weighted by Crippen LogP contribution is -2.19. The predicted molar refractivity (Wildman–Crippen MR) is 102 cm³/mol. The van der Waals surface area contributed by atoms with Crippen LogP contribution in [0, 0.1) is 6.92 Å². The van der Waals surface area contributed by atoms with Crippen molar-refractivity contribution in [2.45, 2.75) is 13.3 Å². The molecule has 1 amide bonds. The molecular weight excluding hydrogens is 348 g/mol. The molecule has 0 spiro atoms. The molecule has 0 unspecified atom stereocenters. The van der Waals surface area contributed by atoms with Crippen molar-refractivity contribution in [1.82, 2.24) is 4.57 Å². The molecule has 0 saturated heterocycles. The number of rotatable bonds is 4. The number of fused-ring (bicyclic) bond motifs is 1. The molecule has 0 atom stereocenters. The molecule has 0 saturated carbocycles. The summed E-state index contributed by atoms with van der Waals surface area (Å²) in [5, 5.41) is 2.87. The number of nitrogens with two attached hydrogens (primary N) is 1. The number of nitrogens with zero attached hydrogens (tertiary/aromatic N) is 1. The van der Waals surface area contributed by atoms with E-state index in [1.165, 1.54) is 22.2 Å². The second kappa shape index (κ2) is 6.31. The minimum absolute atomic E-state index is 0.0627. The lowest BCUT2D eigenvalue weighted by Gasteiger charge is -2.04. The minimum Gasteiger partial charge on any atom is -0.461 e. The quantitative estimate of drug-likeness (QED) is 0.537. The minimum atomic E-state index is -0.529. The van der Waals surface area contributed by atoms with Crippen molar-refractivity contribution in [3.05, 3.63) is 71.0 Å². The zero-order valence-electron chi connectivity index (χ0n) is 14.1. The summed E-state index contributed by atoms with van der Waals surface area (Å²) in [6.07, 6.45) is 1.77. The van der Waals surface area contributed by atoms with Gasteiger partial charge in [-0.2, -0.15) is 0 Å². The normalized spacial score (nSPS) is 11.1. The molecule has 2 N–H and O–H groups in total. The molecule has 130 valence electrons. The van der Waals surface area contributed by atoms with Gasteiger partial charge >= 0.3 is 6.03 Å². The Labute approximate surface area is 153 Å². The number of primary amides is 1. The van der Waals surface area contributed by atoms with Gasteiger partial charge in [-0.15, -0.1) is 11.3 Å². The number of furan rings is 1. The summed E-state index contributed by atoms with van der Waals surface area (Å²) in [5.74, 6) is 0.330. The molecule has 26 heavy (non-hydrogen) atoms. The molecule has 0 aliphatic rings. The number of aromatic nitrogens is 1. The number of thiophene rings is 1. The average Bonchev–Trinajstić information content (AvgIpc) is 3.31. The van der Waals surface area contributed by atoms with Crippen LogP contribution < -0.4 is 5.73 Å². The third kappa shape index (κ3) is 2.74. The van der Waals surface area contributed by atoms with Gasteiger partial charge in [0.05, 0.1) is 22.4 Å². The van der Waals surface area contributed by atoms with Gasteiger partial charge in [0.2, 0.25) is 5.78 Å². The zero-order chi connectivity index (χ0) is 18.3. The fraction of sp³-hybridized carbons (Fsp3) is 0.100. The Balaban J connectivity index is 1.69. The third-order valence-corrected chi connectivity index (χ3v) is 5.32. The first-order chi connectivity index (χ1) is 12.5. The molecule has 1 aromatic carbocycles. The summed E-state index contributed by atoms with van der Waals surface area (Å²) in [5.41, 5.74) is 8.81. The van der Waals surface area contributed by atoms with Crippen LogP contribution in [0.15, 0.2) is 58.5 Å². The van der Waals surface area contributed by atoms with Crippen LogP contribution in [0.5, 0.6) is 0 Å². The van der Waals surface area contributed by atoms with Crippen LogP contribution in [-0.4, -0.2) is 16.4 Å². The smallest absolute Gasteiger partial charge is 0.323 e. The van der Waals surface area contributed by atoms with E-state index in [1.807, 2.05) is 48.7 Å². The first kappa shape index (κ1) is 16.4. The van der Waals surface area contributed by atoms with Crippen LogP contribution >= 0.6 is 11.3 Å². The molecule has 4 rings (SSSR count). The van der Waals surface area contributed by atoms with Gasteiger partial charge in [0.1, 0.15) is 0 Å². The molecule has 6 heteroatoms. The number of aryl methyl sites for hydroxylation is 1. The van der Waals surface area contributed by atoms with E-state index in [4.69, 9.17) is 10.2 Å². The van der Waals surface area contributed by atoms with Crippen molar-refractivity contribution < 1.29 is 14.0 Å². The Kier molecular flexibility index (Phi) is 3.97. The molecule has 5 nitrogen and oxygen atoms in total. The van der Waals surface area contributed by atoms with E-state index < -0.39 is 6.03 Å². The number of para-hydroxylation sites is 1. The van der Waals surface area contributed by atoms with Gasteiger partial charge in [0.15, 0.2) is 5.76 Å². The summed E-state index contributed by atoms with van der Waals surface area (Å²) < 4.78 is 6.77.